The van der Waals surface area contributed by atoms with Crippen LogP contribution < -0.4 is 5.32 Å². The first-order chi connectivity index (χ1) is 9.60. The van der Waals surface area contributed by atoms with E-state index in [1.54, 1.807) is 13.8 Å². The topological polar surface area (TPSA) is 86.7 Å². The Bertz CT molecular complexity index is 482. The van der Waals surface area contributed by atoms with Gasteiger partial charge >= 0.3 is 5.97 Å². The van der Waals surface area contributed by atoms with Crippen molar-refractivity contribution in [3.05, 3.63) is 0 Å². The molecule has 1 heterocycles. The molecule has 2 amide bonds. The van der Waals surface area contributed by atoms with E-state index in [2.05, 4.69) is 5.32 Å². The molecule has 1 aliphatic heterocycles. The van der Waals surface area contributed by atoms with Crippen molar-refractivity contribution in [2.75, 3.05) is 6.54 Å². The first-order valence-electron chi connectivity index (χ1n) is 7.46. The van der Waals surface area contributed by atoms with Crippen molar-refractivity contribution >= 4 is 17.8 Å². The lowest BCUT2D eigenvalue weighted by Crippen LogP contribution is -2.63. The summed E-state index contributed by atoms with van der Waals surface area (Å²) in [6.45, 7) is 7.12. The quantitative estimate of drug-likeness (QED) is 0.714. The number of carboxylic acid groups (broad SMARTS) is 1. The fraction of sp³-hybridized carbons (Fsp3) is 0.800. The standard InChI is InChI=1S/C15H24N2O4/c1-9(2)16-15(13(20)21,10-5-6-10)8-17-11(18)7-14(3,4)12(17)19/h9-10,16H,5-8H2,1-4H3,(H,20,21). The number of hydrogen-bond donors (Lipinski definition) is 2. The predicted molar refractivity (Wildman–Crippen MR) is 76.5 cm³/mol. The van der Waals surface area contributed by atoms with E-state index in [0.29, 0.717) is 0 Å². The molecule has 118 valence electrons. The molecule has 0 aromatic carbocycles. The van der Waals surface area contributed by atoms with Crippen LogP contribution >= 0.6 is 0 Å². The van der Waals surface area contributed by atoms with Crippen LogP contribution in [0.1, 0.15) is 47.0 Å². The third kappa shape index (κ3) is 2.81. The minimum Gasteiger partial charge on any atom is -0.480 e. The summed E-state index contributed by atoms with van der Waals surface area (Å²) in [4.78, 5) is 37.5. The summed E-state index contributed by atoms with van der Waals surface area (Å²) in [6.07, 6.45) is 1.77. The molecule has 0 aromatic rings. The van der Waals surface area contributed by atoms with Crippen LogP contribution in [0.4, 0.5) is 0 Å². The number of imide groups is 1. The van der Waals surface area contributed by atoms with Gasteiger partial charge < -0.3 is 5.11 Å². The molecule has 2 aliphatic rings. The first-order valence-corrected chi connectivity index (χ1v) is 7.46. The largest absolute Gasteiger partial charge is 0.480 e. The summed E-state index contributed by atoms with van der Waals surface area (Å²) in [5.74, 6) is -1.56. The van der Waals surface area contributed by atoms with Gasteiger partial charge in [0.1, 0.15) is 5.54 Å². The van der Waals surface area contributed by atoms with E-state index in [1.165, 1.54) is 0 Å². The minimum atomic E-state index is -1.22. The summed E-state index contributed by atoms with van der Waals surface area (Å²) >= 11 is 0. The molecule has 1 atom stereocenters. The second kappa shape index (κ2) is 5.09. The normalized spacial score (nSPS) is 24.5. The van der Waals surface area contributed by atoms with Crippen molar-refractivity contribution in [3.8, 4) is 0 Å². The highest BCUT2D eigenvalue weighted by atomic mass is 16.4. The van der Waals surface area contributed by atoms with Gasteiger partial charge in [0.2, 0.25) is 11.8 Å². The summed E-state index contributed by atoms with van der Waals surface area (Å²) in [7, 11) is 0. The van der Waals surface area contributed by atoms with Crippen LogP contribution in [0.3, 0.4) is 0 Å². The molecule has 0 bridgehead atoms. The smallest absolute Gasteiger partial charge is 0.326 e. The number of hydrogen-bond acceptors (Lipinski definition) is 4. The van der Waals surface area contributed by atoms with Crippen molar-refractivity contribution in [2.45, 2.75) is 58.5 Å². The van der Waals surface area contributed by atoms with Gasteiger partial charge in [-0.15, -0.1) is 0 Å². The lowest BCUT2D eigenvalue weighted by atomic mass is 9.90. The van der Waals surface area contributed by atoms with Gasteiger partial charge in [-0.1, -0.05) is 13.8 Å². The van der Waals surface area contributed by atoms with Gasteiger partial charge in [0, 0.05) is 12.5 Å². The van der Waals surface area contributed by atoms with Crippen LogP contribution in [0.25, 0.3) is 0 Å². The average molecular weight is 296 g/mol. The second-order valence-corrected chi connectivity index (χ2v) is 7.20. The zero-order valence-corrected chi connectivity index (χ0v) is 13.1. The highest BCUT2D eigenvalue weighted by Gasteiger charge is 2.56. The molecule has 6 heteroatoms. The maximum Gasteiger partial charge on any atom is 0.326 e. The highest BCUT2D eigenvalue weighted by molar-refractivity contribution is 6.06. The SMILES string of the molecule is CC(C)NC(CN1C(=O)CC(C)(C)C1=O)(C(=O)O)C1CC1. The number of aliphatic carboxylic acids is 1. The fourth-order valence-corrected chi connectivity index (χ4v) is 3.12. The fourth-order valence-electron chi connectivity index (χ4n) is 3.12. The molecule has 21 heavy (non-hydrogen) atoms. The Morgan fingerprint density at radius 1 is 1.43 bits per heavy atom. The molecule has 0 aromatic heterocycles. The van der Waals surface area contributed by atoms with Crippen molar-refractivity contribution in [1.82, 2.24) is 10.2 Å². The van der Waals surface area contributed by atoms with Gasteiger partial charge in [-0.3, -0.25) is 24.6 Å². The maximum atomic E-state index is 12.4. The molecular formula is C15H24N2O4. The predicted octanol–water partition coefficient (Wildman–Crippen LogP) is 1.00. The van der Waals surface area contributed by atoms with E-state index in [0.717, 1.165) is 17.7 Å². The van der Waals surface area contributed by atoms with Gasteiger partial charge in [-0.05, 0) is 32.6 Å². The Labute approximate surface area is 124 Å². The van der Waals surface area contributed by atoms with Crippen LogP contribution in [0.2, 0.25) is 0 Å². The highest BCUT2D eigenvalue weighted by Crippen LogP contribution is 2.42. The number of carboxylic acids is 1. The zero-order valence-electron chi connectivity index (χ0n) is 13.1. The van der Waals surface area contributed by atoms with Crippen LogP contribution in [0.15, 0.2) is 0 Å². The summed E-state index contributed by atoms with van der Waals surface area (Å²) in [6, 6.07) is -0.0393. The van der Waals surface area contributed by atoms with E-state index in [-0.39, 0.29) is 36.7 Å². The third-order valence-corrected chi connectivity index (χ3v) is 4.33. The number of nitrogens with one attached hydrogen (secondary N) is 1. The van der Waals surface area contributed by atoms with Gasteiger partial charge in [-0.2, -0.15) is 0 Å². The molecule has 0 spiro atoms. The molecule has 6 nitrogen and oxygen atoms in total. The molecule has 2 rings (SSSR count). The minimum absolute atomic E-state index is 0.0262. The first kappa shape index (κ1) is 15.9. The third-order valence-electron chi connectivity index (χ3n) is 4.33. The molecule has 0 radical (unpaired) electrons. The van der Waals surface area contributed by atoms with E-state index in [4.69, 9.17) is 0 Å². The number of amides is 2. The number of rotatable bonds is 6. The Morgan fingerprint density at radius 2 is 2.00 bits per heavy atom. The lowest BCUT2D eigenvalue weighted by Gasteiger charge is -2.36. The van der Waals surface area contributed by atoms with Crippen molar-refractivity contribution in [2.24, 2.45) is 11.3 Å². The average Bonchev–Trinajstić information content (AvgIpc) is 3.13. The van der Waals surface area contributed by atoms with Crippen LogP contribution in [0.5, 0.6) is 0 Å². The monoisotopic (exact) mass is 296 g/mol. The summed E-state index contributed by atoms with van der Waals surface area (Å²) in [5, 5.41) is 12.8. The summed E-state index contributed by atoms with van der Waals surface area (Å²) < 4.78 is 0. The van der Waals surface area contributed by atoms with Gasteiger partial charge in [0.15, 0.2) is 0 Å². The maximum absolute atomic E-state index is 12.4. The van der Waals surface area contributed by atoms with Crippen molar-refractivity contribution in [1.29, 1.82) is 0 Å². The molecule has 1 saturated carbocycles. The zero-order chi connectivity index (χ0) is 16.0. The molecule has 1 saturated heterocycles. The Hall–Kier alpha value is -1.43. The molecule has 2 fully saturated rings. The van der Waals surface area contributed by atoms with Gasteiger partial charge in [0.05, 0.1) is 12.0 Å². The van der Waals surface area contributed by atoms with E-state index in [1.807, 2.05) is 13.8 Å². The van der Waals surface area contributed by atoms with Crippen molar-refractivity contribution < 1.29 is 19.5 Å². The van der Waals surface area contributed by atoms with Crippen LogP contribution in [0, 0.1) is 11.3 Å². The van der Waals surface area contributed by atoms with Gasteiger partial charge in [0.25, 0.3) is 0 Å². The molecule has 2 N–H and O–H groups in total. The van der Waals surface area contributed by atoms with Crippen molar-refractivity contribution in [3.63, 3.8) is 0 Å². The molecule has 1 aliphatic carbocycles. The number of carbonyl (C=O) groups excluding carboxylic acids is 2. The van der Waals surface area contributed by atoms with E-state index >= 15 is 0 Å². The summed E-state index contributed by atoms with van der Waals surface area (Å²) in [5.41, 5.74) is -1.96. The number of nitrogens with zero attached hydrogens (tertiary/aromatic N) is 1. The van der Waals surface area contributed by atoms with E-state index < -0.39 is 16.9 Å². The molecular weight excluding hydrogens is 272 g/mol. The Morgan fingerprint density at radius 3 is 2.33 bits per heavy atom. The number of likely N-dealkylation sites (tertiary alicyclic amines) is 1. The molecule has 1 unspecified atom stereocenters. The van der Waals surface area contributed by atoms with E-state index in [9.17, 15) is 19.5 Å². The number of carbonyl (C=O) groups is 3. The Kier molecular flexibility index (Phi) is 3.86. The lowest BCUT2D eigenvalue weighted by molar-refractivity contribution is -0.151. The van der Waals surface area contributed by atoms with Crippen LogP contribution in [-0.2, 0) is 14.4 Å². The second-order valence-electron chi connectivity index (χ2n) is 7.20. The Balaban J connectivity index is 2.29. The van der Waals surface area contributed by atoms with Crippen LogP contribution in [-0.4, -0.2) is 45.9 Å². The van der Waals surface area contributed by atoms with Gasteiger partial charge in [-0.25, -0.2) is 0 Å².